The number of carbonyl (C=O) groups excluding carboxylic acids is 1. The summed E-state index contributed by atoms with van der Waals surface area (Å²) < 4.78 is 17.8. The van der Waals surface area contributed by atoms with Gasteiger partial charge in [0.05, 0.1) is 12.2 Å². The van der Waals surface area contributed by atoms with Crippen LogP contribution in [0.15, 0.2) is 71.9 Å². The summed E-state index contributed by atoms with van der Waals surface area (Å²) in [5.74, 6) is -0.469. The number of hydrogen-bond acceptors (Lipinski definition) is 6. The zero-order valence-electron chi connectivity index (χ0n) is 21.1. The standard InChI is InChI=1S/C28H26FN7O2/c1-3-4-6-21-17-36(26-22(18(2)37)7-5-8-25(26)29)28(38)35(21)16-19-9-11-20(12-10-19)23-13-14-30-15-24(23)27-31-33-34-32-27/h5,7-15,17H,3-4,6,16H2,1-2H3,(H,31,32,33,34). The number of carbonyl (C=O) groups is 1. The SMILES string of the molecule is CCCCc1cn(-c2c(F)cccc2C(C)=O)c(=O)n1Cc1ccc(-c2ccncc2-c2nn[nH]n2)cc1. The van der Waals surface area contributed by atoms with E-state index in [1.54, 1.807) is 23.2 Å². The molecule has 0 amide bonds. The second-order valence-electron chi connectivity index (χ2n) is 9.01. The molecule has 3 heterocycles. The maximum Gasteiger partial charge on any atom is 0.333 e. The Bertz CT molecular complexity index is 1640. The maximum atomic E-state index is 14.9. The quantitative estimate of drug-likeness (QED) is 0.289. The molecule has 0 radical (unpaired) electrons. The first-order chi connectivity index (χ1) is 18.5. The Kier molecular flexibility index (Phi) is 7.03. The smallest absolute Gasteiger partial charge is 0.294 e. The van der Waals surface area contributed by atoms with Crippen molar-refractivity contribution in [1.29, 1.82) is 0 Å². The molecule has 10 heteroatoms. The molecule has 2 aromatic carbocycles. The van der Waals surface area contributed by atoms with Gasteiger partial charge in [-0.2, -0.15) is 5.21 Å². The van der Waals surface area contributed by atoms with E-state index < -0.39 is 5.82 Å². The number of para-hydroxylation sites is 1. The summed E-state index contributed by atoms with van der Waals surface area (Å²) in [6, 6.07) is 14.0. The van der Waals surface area contributed by atoms with Gasteiger partial charge in [-0.05, 0) is 59.9 Å². The van der Waals surface area contributed by atoms with E-state index in [0.717, 1.165) is 40.8 Å². The highest BCUT2D eigenvalue weighted by molar-refractivity contribution is 5.97. The lowest BCUT2D eigenvalue weighted by atomic mass is 10.00. The number of imidazole rings is 1. The summed E-state index contributed by atoms with van der Waals surface area (Å²) in [4.78, 5) is 30.0. The fourth-order valence-corrected chi connectivity index (χ4v) is 4.53. The van der Waals surface area contributed by atoms with Crippen LogP contribution >= 0.6 is 0 Å². The number of aryl methyl sites for hydroxylation is 1. The molecule has 5 rings (SSSR count). The van der Waals surface area contributed by atoms with Crippen molar-refractivity contribution in [2.75, 3.05) is 0 Å². The van der Waals surface area contributed by atoms with Crippen molar-refractivity contribution in [3.8, 4) is 28.2 Å². The monoisotopic (exact) mass is 511 g/mol. The Hall–Kier alpha value is -4.73. The van der Waals surface area contributed by atoms with Crippen molar-refractivity contribution in [1.82, 2.24) is 34.7 Å². The number of ketones is 1. The van der Waals surface area contributed by atoms with Gasteiger partial charge in [0, 0.05) is 35.4 Å². The zero-order valence-corrected chi connectivity index (χ0v) is 21.1. The first kappa shape index (κ1) is 24.9. The minimum absolute atomic E-state index is 0.0106. The number of nitrogens with zero attached hydrogens (tertiary/aromatic N) is 6. The van der Waals surface area contributed by atoms with Crippen molar-refractivity contribution in [3.05, 3.63) is 100 Å². The van der Waals surface area contributed by atoms with Crippen LogP contribution in [-0.4, -0.2) is 40.5 Å². The van der Waals surface area contributed by atoms with E-state index in [1.807, 2.05) is 30.3 Å². The van der Waals surface area contributed by atoms with E-state index in [0.29, 0.717) is 18.8 Å². The third-order valence-electron chi connectivity index (χ3n) is 6.47. The number of hydrogen-bond donors (Lipinski definition) is 1. The van der Waals surface area contributed by atoms with Gasteiger partial charge in [-0.3, -0.25) is 18.9 Å². The molecule has 9 nitrogen and oxygen atoms in total. The molecular weight excluding hydrogens is 485 g/mol. The Morgan fingerprint density at radius 3 is 2.61 bits per heavy atom. The highest BCUT2D eigenvalue weighted by Crippen LogP contribution is 2.29. The van der Waals surface area contributed by atoms with Crippen LogP contribution in [0.4, 0.5) is 4.39 Å². The van der Waals surface area contributed by atoms with Crippen molar-refractivity contribution in [3.63, 3.8) is 0 Å². The van der Waals surface area contributed by atoms with Crippen LogP contribution in [-0.2, 0) is 13.0 Å². The van der Waals surface area contributed by atoms with E-state index in [1.165, 1.54) is 29.7 Å². The van der Waals surface area contributed by atoms with Gasteiger partial charge in [-0.1, -0.05) is 43.7 Å². The topological polar surface area (TPSA) is 111 Å². The van der Waals surface area contributed by atoms with E-state index in [4.69, 9.17) is 0 Å². The van der Waals surface area contributed by atoms with Gasteiger partial charge in [-0.15, -0.1) is 10.2 Å². The largest absolute Gasteiger partial charge is 0.333 e. The van der Waals surface area contributed by atoms with Crippen LogP contribution < -0.4 is 5.69 Å². The van der Waals surface area contributed by atoms with E-state index in [9.17, 15) is 14.0 Å². The minimum atomic E-state index is -0.613. The fraction of sp³-hybridized carbons (Fsp3) is 0.214. The molecule has 0 unspecified atom stereocenters. The Balaban J connectivity index is 1.51. The maximum absolute atomic E-state index is 14.9. The summed E-state index contributed by atoms with van der Waals surface area (Å²) in [6.07, 6.45) is 7.53. The van der Waals surface area contributed by atoms with E-state index >= 15 is 0 Å². The summed E-state index contributed by atoms with van der Waals surface area (Å²) in [7, 11) is 0. The number of nitrogens with one attached hydrogen (secondary N) is 1. The zero-order chi connectivity index (χ0) is 26.6. The molecule has 0 atom stereocenters. The van der Waals surface area contributed by atoms with Gasteiger partial charge in [0.2, 0.25) is 5.82 Å². The van der Waals surface area contributed by atoms with Gasteiger partial charge in [0.15, 0.2) is 5.78 Å². The Morgan fingerprint density at radius 2 is 1.89 bits per heavy atom. The third kappa shape index (κ3) is 4.80. The van der Waals surface area contributed by atoms with Crippen molar-refractivity contribution in [2.45, 2.75) is 39.7 Å². The van der Waals surface area contributed by atoms with E-state index in [2.05, 4.69) is 32.5 Å². The van der Waals surface area contributed by atoms with Crippen molar-refractivity contribution < 1.29 is 9.18 Å². The van der Waals surface area contributed by atoms with Crippen LogP contribution in [0, 0.1) is 5.82 Å². The molecule has 3 aromatic heterocycles. The van der Waals surface area contributed by atoms with Gasteiger partial charge < -0.3 is 0 Å². The third-order valence-corrected chi connectivity index (χ3v) is 6.47. The summed E-state index contributed by atoms with van der Waals surface area (Å²) in [6.45, 7) is 3.75. The molecule has 0 fully saturated rings. The number of aromatic amines is 1. The summed E-state index contributed by atoms with van der Waals surface area (Å²) in [5.41, 5.74) is 4.04. The molecule has 1 N–H and O–H groups in total. The molecule has 5 aromatic rings. The van der Waals surface area contributed by atoms with Crippen LogP contribution in [0.1, 0.15) is 48.3 Å². The van der Waals surface area contributed by atoms with E-state index in [-0.39, 0.29) is 22.7 Å². The number of halogens is 1. The average Bonchev–Trinajstić information content (AvgIpc) is 3.57. The number of rotatable bonds is 9. The van der Waals surface area contributed by atoms with Crippen LogP contribution in [0.5, 0.6) is 0 Å². The number of benzene rings is 2. The number of tetrazole rings is 1. The predicted molar refractivity (Wildman–Crippen MR) is 141 cm³/mol. The van der Waals surface area contributed by atoms with Gasteiger partial charge in [-0.25, -0.2) is 9.18 Å². The first-order valence-corrected chi connectivity index (χ1v) is 12.4. The normalized spacial score (nSPS) is 11.1. The predicted octanol–water partition coefficient (Wildman–Crippen LogP) is 4.61. The second-order valence-corrected chi connectivity index (χ2v) is 9.01. The Labute approximate surface area is 218 Å². The first-order valence-electron chi connectivity index (χ1n) is 12.4. The molecule has 38 heavy (non-hydrogen) atoms. The molecule has 0 saturated carbocycles. The number of H-pyrrole nitrogens is 1. The summed E-state index contributed by atoms with van der Waals surface area (Å²) >= 11 is 0. The molecule has 0 aliphatic rings. The van der Waals surface area contributed by atoms with Gasteiger partial charge >= 0.3 is 5.69 Å². The number of unbranched alkanes of at least 4 members (excludes halogenated alkanes) is 1. The molecule has 192 valence electrons. The summed E-state index contributed by atoms with van der Waals surface area (Å²) in [5, 5.41) is 14.2. The fourth-order valence-electron chi connectivity index (χ4n) is 4.53. The van der Waals surface area contributed by atoms with Gasteiger partial charge in [0.1, 0.15) is 5.82 Å². The number of pyridine rings is 1. The lowest BCUT2D eigenvalue weighted by Gasteiger charge is -2.10. The average molecular weight is 512 g/mol. The number of aromatic nitrogens is 7. The molecule has 0 aliphatic carbocycles. The highest BCUT2D eigenvalue weighted by atomic mass is 19.1. The van der Waals surface area contributed by atoms with Crippen LogP contribution in [0.3, 0.4) is 0 Å². The highest BCUT2D eigenvalue weighted by Gasteiger charge is 2.20. The molecular formula is C28H26FN7O2. The molecule has 0 aliphatic heterocycles. The minimum Gasteiger partial charge on any atom is -0.294 e. The number of Topliss-reactive ketones (excluding diaryl/α,β-unsaturated/α-hetero) is 1. The van der Waals surface area contributed by atoms with Crippen LogP contribution in [0.25, 0.3) is 28.2 Å². The molecule has 0 saturated heterocycles. The van der Waals surface area contributed by atoms with Crippen molar-refractivity contribution in [2.24, 2.45) is 0 Å². The Morgan fingerprint density at radius 1 is 1.08 bits per heavy atom. The van der Waals surface area contributed by atoms with Gasteiger partial charge in [0.25, 0.3) is 0 Å². The molecule has 0 bridgehead atoms. The lowest BCUT2D eigenvalue weighted by molar-refractivity contribution is 0.101. The van der Waals surface area contributed by atoms with Crippen LogP contribution in [0.2, 0.25) is 0 Å². The lowest BCUT2D eigenvalue weighted by Crippen LogP contribution is -2.26. The van der Waals surface area contributed by atoms with Crippen molar-refractivity contribution >= 4 is 5.78 Å². The molecule has 0 spiro atoms. The second kappa shape index (κ2) is 10.7.